The molecule has 5 nitrogen and oxygen atoms in total. The zero-order valence-corrected chi connectivity index (χ0v) is 17.1. The molecule has 0 amide bonds. The third kappa shape index (κ3) is 7.63. The first kappa shape index (κ1) is 23.7. The van der Waals surface area contributed by atoms with Crippen molar-refractivity contribution in [2.75, 3.05) is 47.1 Å². The fourth-order valence-corrected chi connectivity index (χ4v) is 2.68. The second-order valence-corrected chi connectivity index (χ2v) is 5.28. The van der Waals surface area contributed by atoms with Crippen molar-refractivity contribution in [2.24, 2.45) is 0 Å². The normalized spacial score (nSPS) is 13.7. The first-order valence-electron chi connectivity index (χ1n) is 8.90. The molecule has 2 rings (SSSR count). The minimum absolute atomic E-state index is 0.365. The Morgan fingerprint density at radius 3 is 2.28 bits per heavy atom. The Bertz CT molecular complexity index is 502. The first-order chi connectivity index (χ1) is 12.2. The molecule has 1 fully saturated rings. The van der Waals surface area contributed by atoms with Gasteiger partial charge < -0.3 is 14.2 Å². The number of nitrogens with zero attached hydrogens (tertiary/aromatic N) is 1. The highest BCUT2D eigenvalue weighted by molar-refractivity contribution is 6.31. The molecule has 1 aromatic carbocycles. The predicted molar refractivity (Wildman–Crippen MR) is 103 cm³/mol. The Hall–Kier alpha value is -1.30. The average Bonchev–Trinajstić information content (AvgIpc) is 2.69. The number of hydrogen-bond donors (Lipinski definition) is 0. The maximum Gasteiger partial charge on any atom is 0.341 e. The lowest BCUT2D eigenvalue weighted by Crippen LogP contribution is -2.37. The smallest absolute Gasteiger partial charge is 0.341 e. The summed E-state index contributed by atoms with van der Waals surface area (Å²) in [5.41, 5.74) is 1.28. The average molecular weight is 374 g/mol. The van der Waals surface area contributed by atoms with Gasteiger partial charge in [-0.3, -0.25) is 4.90 Å². The lowest BCUT2D eigenvalue weighted by Gasteiger charge is -2.26. The quantitative estimate of drug-likeness (QED) is 0.728. The van der Waals surface area contributed by atoms with Gasteiger partial charge >= 0.3 is 5.97 Å². The lowest BCUT2D eigenvalue weighted by atomic mass is 10.1. The third-order valence-corrected chi connectivity index (χ3v) is 3.76. The summed E-state index contributed by atoms with van der Waals surface area (Å²) >= 11 is 6.10. The van der Waals surface area contributed by atoms with Crippen LogP contribution in [-0.4, -0.2) is 57.9 Å². The van der Waals surface area contributed by atoms with Crippen LogP contribution in [0.4, 0.5) is 0 Å². The molecule has 0 aromatic heterocycles. The number of carbonyl (C=O) groups excluding carboxylic acids is 1. The summed E-state index contributed by atoms with van der Waals surface area (Å²) in [4.78, 5) is 14.1. The van der Waals surface area contributed by atoms with Gasteiger partial charge in [-0.15, -0.1) is 0 Å². The van der Waals surface area contributed by atoms with Gasteiger partial charge in [0.25, 0.3) is 0 Å². The van der Waals surface area contributed by atoms with E-state index >= 15 is 0 Å². The second-order valence-electron chi connectivity index (χ2n) is 4.84. The molecule has 0 spiro atoms. The van der Waals surface area contributed by atoms with E-state index in [9.17, 15) is 4.79 Å². The molecule has 25 heavy (non-hydrogen) atoms. The van der Waals surface area contributed by atoms with Gasteiger partial charge in [-0.1, -0.05) is 39.3 Å². The highest BCUT2D eigenvalue weighted by Gasteiger charge is 2.19. The van der Waals surface area contributed by atoms with E-state index in [0.717, 1.165) is 44.8 Å². The van der Waals surface area contributed by atoms with Gasteiger partial charge in [0, 0.05) is 24.7 Å². The van der Waals surface area contributed by atoms with Gasteiger partial charge in [-0.2, -0.15) is 0 Å². The molecule has 0 atom stereocenters. The number of rotatable bonds is 5. The number of esters is 1. The fraction of sp³-hybridized carbons (Fsp3) is 0.632. The van der Waals surface area contributed by atoms with Crippen LogP contribution in [0.3, 0.4) is 0 Å². The van der Waals surface area contributed by atoms with E-state index in [1.807, 2.05) is 33.8 Å². The van der Waals surface area contributed by atoms with Crippen molar-refractivity contribution in [3.63, 3.8) is 0 Å². The zero-order valence-electron chi connectivity index (χ0n) is 16.4. The van der Waals surface area contributed by atoms with Crippen LogP contribution >= 0.6 is 11.6 Å². The van der Waals surface area contributed by atoms with Crippen molar-refractivity contribution >= 4 is 17.6 Å². The fourth-order valence-electron chi connectivity index (χ4n) is 2.44. The second kappa shape index (κ2) is 13.9. The summed E-state index contributed by atoms with van der Waals surface area (Å²) in [6.07, 6.45) is 0.758. The van der Waals surface area contributed by atoms with Crippen molar-refractivity contribution in [1.82, 2.24) is 4.90 Å². The van der Waals surface area contributed by atoms with Crippen LogP contribution in [0.1, 0.15) is 43.6 Å². The molecular weight excluding hydrogens is 342 g/mol. The summed E-state index contributed by atoms with van der Waals surface area (Å²) < 4.78 is 15.5. The number of carbonyl (C=O) groups is 1. The number of benzene rings is 1. The van der Waals surface area contributed by atoms with Crippen LogP contribution < -0.4 is 4.74 Å². The van der Waals surface area contributed by atoms with Crippen LogP contribution in [0.25, 0.3) is 0 Å². The molecule has 0 bridgehead atoms. The molecule has 1 heterocycles. The van der Waals surface area contributed by atoms with Gasteiger partial charge in [0.05, 0.1) is 27.4 Å². The summed E-state index contributed by atoms with van der Waals surface area (Å²) in [5.74, 6) is 0.0986. The third-order valence-electron chi connectivity index (χ3n) is 3.54. The van der Waals surface area contributed by atoms with Crippen LogP contribution in [0.5, 0.6) is 5.75 Å². The van der Waals surface area contributed by atoms with E-state index in [0.29, 0.717) is 16.3 Å². The Kier molecular flexibility index (Phi) is 13.2. The van der Waals surface area contributed by atoms with E-state index in [2.05, 4.69) is 4.90 Å². The SMILES string of the molecule is CC.CC.COC(=O)c1cc(Cl)cc(CCN2CCOCC2)c1OC. The van der Waals surface area contributed by atoms with E-state index in [1.165, 1.54) is 7.11 Å². The molecule has 1 aliphatic rings. The van der Waals surface area contributed by atoms with Crippen molar-refractivity contribution in [1.29, 1.82) is 0 Å². The number of morpholine rings is 1. The molecule has 1 saturated heterocycles. The molecule has 0 aliphatic carbocycles. The Morgan fingerprint density at radius 2 is 1.76 bits per heavy atom. The summed E-state index contributed by atoms with van der Waals surface area (Å²) in [7, 11) is 2.89. The van der Waals surface area contributed by atoms with E-state index in [1.54, 1.807) is 13.2 Å². The van der Waals surface area contributed by atoms with Gasteiger partial charge in [0.15, 0.2) is 0 Å². The maximum atomic E-state index is 11.8. The first-order valence-corrected chi connectivity index (χ1v) is 9.28. The van der Waals surface area contributed by atoms with Crippen LogP contribution in [0.15, 0.2) is 12.1 Å². The number of ether oxygens (including phenoxy) is 3. The Balaban J connectivity index is 0.00000134. The zero-order chi connectivity index (χ0) is 19.2. The molecule has 0 unspecified atom stereocenters. The van der Waals surface area contributed by atoms with Gasteiger partial charge in [-0.25, -0.2) is 4.79 Å². The topological polar surface area (TPSA) is 48.0 Å². The number of halogens is 1. The van der Waals surface area contributed by atoms with Crippen LogP contribution in [0.2, 0.25) is 5.02 Å². The highest BCUT2D eigenvalue weighted by atomic mass is 35.5. The molecule has 144 valence electrons. The lowest BCUT2D eigenvalue weighted by molar-refractivity contribution is 0.0384. The number of methoxy groups -OCH3 is 2. The molecule has 1 aromatic rings. The van der Waals surface area contributed by atoms with Crippen molar-refractivity contribution in [2.45, 2.75) is 34.1 Å². The van der Waals surface area contributed by atoms with Crippen LogP contribution in [0, 0.1) is 0 Å². The Morgan fingerprint density at radius 1 is 1.16 bits per heavy atom. The Labute approximate surface area is 157 Å². The summed E-state index contributed by atoms with van der Waals surface area (Å²) in [5, 5.41) is 0.508. The molecular formula is C19H32ClNO4. The molecule has 6 heteroatoms. The van der Waals surface area contributed by atoms with Gasteiger partial charge in [0.2, 0.25) is 0 Å². The maximum absolute atomic E-state index is 11.8. The van der Waals surface area contributed by atoms with Gasteiger partial charge in [0.1, 0.15) is 11.3 Å². The monoisotopic (exact) mass is 373 g/mol. The van der Waals surface area contributed by atoms with E-state index in [-0.39, 0.29) is 0 Å². The van der Waals surface area contributed by atoms with Crippen molar-refractivity contribution in [3.8, 4) is 5.75 Å². The minimum Gasteiger partial charge on any atom is -0.496 e. The van der Waals surface area contributed by atoms with Crippen molar-refractivity contribution < 1.29 is 19.0 Å². The van der Waals surface area contributed by atoms with Crippen LogP contribution in [-0.2, 0) is 15.9 Å². The molecule has 0 N–H and O–H groups in total. The summed E-state index contributed by atoms with van der Waals surface area (Å²) in [6, 6.07) is 3.41. The molecule has 0 saturated carbocycles. The predicted octanol–water partition coefficient (Wildman–Crippen LogP) is 4.06. The molecule has 1 aliphatic heterocycles. The van der Waals surface area contributed by atoms with Gasteiger partial charge in [-0.05, 0) is 24.1 Å². The van der Waals surface area contributed by atoms with E-state index < -0.39 is 5.97 Å². The number of hydrogen-bond acceptors (Lipinski definition) is 5. The molecule has 0 radical (unpaired) electrons. The minimum atomic E-state index is -0.443. The standard InChI is InChI=1S/C15H20ClNO4.2C2H6/c1-19-14-11(3-4-17-5-7-21-8-6-17)9-12(16)10-13(14)15(18)20-2;2*1-2/h9-10H,3-8H2,1-2H3;2*1-2H3. The van der Waals surface area contributed by atoms with Crippen molar-refractivity contribution in [3.05, 3.63) is 28.3 Å². The van der Waals surface area contributed by atoms with E-state index in [4.69, 9.17) is 25.8 Å². The highest BCUT2D eigenvalue weighted by Crippen LogP contribution is 2.29. The largest absolute Gasteiger partial charge is 0.496 e. The summed E-state index contributed by atoms with van der Waals surface area (Å²) in [6.45, 7) is 12.3.